The van der Waals surface area contributed by atoms with Crippen LogP contribution in [-0.2, 0) is 4.79 Å². The molecule has 1 aliphatic rings. The van der Waals surface area contributed by atoms with Crippen LogP contribution in [0.15, 0.2) is 59.0 Å². The summed E-state index contributed by atoms with van der Waals surface area (Å²) in [6, 6.07) is 14.9. The Kier molecular flexibility index (Phi) is 7.00. The van der Waals surface area contributed by atoms with Crippen LogP contribution in [0.25, 0.3) is 11.3 Å². The van der Waals surface area contributed by atoms with E-state index in [1.54, 1.807) is 18.2 Å². The highest BCUT2D eigenvalue weighted by Crippen LogP contribution is 2.34. The average molecular weight is 479 g/mol. The van der Waals surface area contributed by atoms with Crippen LogP contribution in [0.2, 0.25) is 0 Å². The standard InChI is InChI=1S/C25H26N4O6/c1-3-24(30)28-14-12-27(13-15-28)18-6-4-17(5-7-18)26-25(31)23-11-10-22(35-23)20-9-8-19(34-2)16-21(20)29(32)33/h4-11,16H,3,12-15H2,1-2H3,(H,26,31). The molecule has 0 aliphatic carbocycles. The number of piperazine rings is 1. The fourth-order valence-corrected chi connectivity index (χ4v) is 3.99. The summed E-state index contributed by atoms with van der Waals surface area (Å²) < 4.78 is 10.7. The zero-order valence-corrected chi connectivity index (χ0v) is 19.5. The highest BCUT2D eigenvalue weighted by molar-refractivity contribution is 6.02. The molecule has 2 aromatic carbocycles. The van der Waals surface area contributed by atoms with Gasteiger partial charge in [0.15, 0.2) is 5.76 Å². The maximum Gasteiger partial charge on any atom is 0.291 e. The zero-order valence-electron chi connectivity index (χ0n) is 19.5. The number of nitrogens with one attached hydrogen (secondary N) is 1. The molecule has 1 aromatic heterocycles. The van der Waals surface area contributed by atoms with Crippen molar-refractivity contribution in [3.8, 4) is 17.1 Å². The number of amides is 2. The number of hydrogen-bond acceptors (Lipinski definition) is 7. The topological polar surface area (TPSA) is 118 Å². The van der Waals surface area contributed by atoms with Gasteiger partial charge in [0, 0.05) is 44.0 Å². The molecule has 1 N–H and O–H groups in total. The minimum absolute atomic E-state index is 0.0332. The van der Waals surface area contributed by atoms with Crippen molar-refractivity contribution in [3.63, 3.8) is 0 Å². The fraction of sp³-hybridized carbons (Fsp3) is 0.280. The fourth-order valence-electron chi connectivity index (χ4n) is 3.99. The molecule has 2 heterocycles. The predicted octanol–water partition coefficient (Wildman–Crippen LogP) is 4.17. The van der Waals surface area contributed by atoms with Gasteiger partial charge < -0.3 is 24.3 Å². The molecule has 182 valence electrons. The van der Waals surface area contributed by atoms with E-state index in [1.165, 1.54) is 31.4 Å². The quantitative estimate of drug-likeness (QED) is 0.400. The van der Waals surface area contributed by atoms with E-state index in [1.807, 2.05) is 24.0 Å². The van der Waals surface area contributed by atoms with Gasteiger partial charge in [-0.3, -0.25) is 19.7 Å². The molecule has 1 saturated heterocycles. The smallest absolute Gasteiger partial charge is 0.291 e. The lowest BCUT2D eigenvalue weighted by atomic mass is 10.1. The van der Waals surface area contributed by atoms with Gasteiger partial charge in [0.05, 0.1) is 23.7 Å². The lowest BCUT2D eigenvalue weighted by Crippen LogP contribution is -2.48. The maximum absolute atomic E-state index is 12.7. The number of rotatable bonds is 7. The Labute approximate surface area is 202 Å². The Morgan fingerprint density at radius 3 is 2.40 bits per heavy atom. The highest BCUT2D eigenvalue weighted by Gasteiger charge is 2.22. The molecule has 2 amide bonds. The summed E-state index contributed by atoms with van der Waals surface area (Å²) in [6.45, 7) is 4.76. The number of carbonyl (C=O) groups is 2. The minimum atomic E-state index is -0.525. The number of carbonyl (C=O) groups excluding carboxylic acids is 2. The third-order valence-corrected chi connectivity index (χ3v) is 5.92. The summed E-state index contributed by atoms with van der Waals surface area (Å²) in [4.78, 5) is 39.5. The predicted molar refractivity (Wildman–Crippen MR) is 131 cm³/mol. The van der Waals surface area contributed by atoms with E-state index in [2.05, 4.69) is 10.2 Å². The van der Waals surface area contributed by atoms with Gasteiger partial charge in [0.1, 0.15) is 11.5 Å². The van der Waals surface area contributed by atoms with Crippen LogP contribution >= 0.6 is 0 Å². The first-order chi connectivity index (χ1) is 16.9. The van der Waals surface area contributed by atoms with Crippen molar-refractivity contribution in [1.29, 1.82) is 0 Å². The number of methoxy groups -OCH3 is 1. The van der Waals surface area contributed by atoms with Gasteiger partial charge in [0.2, 0.25) is 5.91 Å². The van der Waals surface area contributed by atoms with Crippen LogP contribution in [0.3, 0.4) is 0 Å². The van der Waals surface area contributed by atoms with Gasteiger partial charge in [0.25, 0.3) is 11.6 Å². The first-order valence-corrected chi connectivity index (χ1v) is 11.3. The van der Waals surface area contributed by atoms with E-state index in [-0.39, 0.29) is 28.7 Å². The molecular weight excluding hydrogens is 452 g/mol. The molecule has 35 heavy (non-hydrogen) atoms. The van der Waals surface area contributed by atoms with E-state index in [0.29, 0.717) is 30.9 Å². The van der Waals surface area contributed by atoms with E-state index in [0.717, 1.165) is 18.8 Å². The Morgan fingerprint density at radius 1 is 1.06 bits per heavy atom. The second-order valence-electron chi connectivity index (χ2n) is 8.03. The molecule has 0 unspecified atom stereocenters. The first kappa shape index (κ1) is 23.8. The molecule has 10 heteroatoms. The van der Waals surface area contributed by atoms with Crippen molar-refractivity contribution in [2.75, 3.05) is 43.5 Å². The SMILES string of the molecule is CCC(=O)N1CCN(c2ccc(NC(=O)c3ccc(-c4ccc(OC)cc4[N+](=O)[O-])o3)cc2)CC1. The first-order valence-electron chi connectivity index (χ1n) is 11.3. The van der Waals surface area contributed by atoms with Crippen molar-refractivity contribution in [2.24, 2.45) is 0 Å². The molecule has 3 aromatic rings. The molecule has 0 radical (unpaired) electrons. The summed E-state index contributed by atoms with van der Waals surface area (Å²) in [5.74, 6) is 0.299. The Morgan fingerprint density at radius 2 is 1.77 bits per heavy atom. The van der Waals surface area contributed by atoms with Crippen LogP contribution in [0.4, 0.5) is 17.1 Å². The number of anilines is 2. The van der Waals surface area contributed by atoms with Crippen LogP contribution in [0.5, 0.6) is 5.75 Å². The lowest BCUT2D eigenvalue weighted by Gasteiger charge is -2.36. The molecule has 1 fully saturated rings. The number of hydrogen-bond donors (Lipinski definition) is 1. The number of furan rings is 1. The van der Waals surface area contributed by atoms with Gasteiger partial charge in [-0.05, 0) is 48.5 Å². The molecule has 10 nitrogen and oxygen atoms in total. The molecule has 1 aliphatic heterocycles. The summed E-state index contributed by atoms with van der Waals surface area (Å²) in [7, 11) is 1.43. The number of nitro groups is 1. The second-order valence-corrected chi connectivity index (χ2v) is 8.03. The maximum atomic E-state index is 12.7. The van der Waals surface area contributed by atoms with Crippen molar-refractivity contribution >= 4 is 28.9 Å². The van der Waals surface area contributed by atoms with Gasteiger partial charge >= 0.3 is 0 Å². The van der Waals surface area contributed by atoms with E-state index < -0.39 is 10.8 Å². The molecule has 0 atom stereocenters. The Bertz CT molecular complexity index is 1230. The summed E-state index contributed by atoms with van der Waals surface area (Å²) in [5.41, 5.74) is 1.67. The molecule has 0 bridgehead atoms. The zero-order chi connectivity index (χ0) is 24.9. The summed E-state index contributed by atoms with van der Waals surface area (Å²) >= 11 is 0. The number of nitrogens with zero attached hydrogens (tertiary/aromatic N) is 3. The number of ether oxygens (including phenoxy) is 1. The average Bonchev–Trinajstić information content (AvgIpc) is 3.39. The third kappa shape index (κ3) is 5.26. The van der Waals surface area contributed by atoms with Gasteiger partial charge in [-0.1, -0.05) is 6.92 Å². The Balaban J connectivity index is 1.41. The van der Waals surface area contributed by atoms with Crippen molar-refractivity contribution < 1.29 is 23.7 Å². The van der Waals surface area contributed by atoms with Crippen LogP contribution < -0.4 is 15.0 Å². The summed E-state index contributed by atoms with van der Waals surface area (Å²) in [5, 5.41) is 14.2. The third-order valence-electron chi connectivity index (χ3n) is 5.92. The lowest BCUT2D eigenvalue weighted by molar-refractivity contribution is -0.384. The van der Waals surface area contributed by atoms with Crippen LogP contribution in [-0.4, -0.2) is 54.9 Å². The largest absolute Gasteiger partial charge is 0.497 e. The normalized spacial score (nSPS) is 13.4. The second kappa shape index (κ2) is 10.3. The number of nitro benzene ring substituents is 1. The van der Waals surface area contributed by atoms with Crippen molar-refractivity contribution in [1.82, 2.24) is 4.90 Å². The molecule has 4 rings (SSSR count). The van der Waals surface area contributed by atoms with Gasteiger partial charge in [-0.2, -0.15) is 0 Å². The van der Waals surface area contributed by atoms with E-state index >= 15 is 0 Å². The van der Waals surface area contributed by atoms with Gasteiger partial charge in [-0.25, -0.2) is 0 Å². The van der Waals surface area contributed by atoms with Crippen LogP contribution in [0.1, 0.15) is 23.9 Å². The minimum Gasteiger partial charge on any atom is -0.497 e. The van der Waals surface area contributed by atoms with Crippen molar-refractivity contribution in [3.05, 3.63) is 70.5 Å². The van der Waals surface area contributed by atoms with Crippen molar-refractivity contribution in [2.45, 2.75) is 13.3 Å². The number of benzene rings is 2. The summed E-state index contributed by atoms with van der Waals surface area (Å²) in [6.07, 6.45) is 0.516. The Hall–Kier alpha value is -4.34. The monoisotopic (exact) mass is 478 g/mol. The molecular formula is C25H26N4O6. The van der Waals surface area contributed by atoms with E-state index in [9.17, 15) is 19.7 Å². The van der Waals surface area contributed by atoms with Gasteiger partial charge in [-0.15, -0.1) is 0 Å². The molecule has 0 spiro atoms. The van der Waals surface area contributed by atoms with Crippen LogP contribution in [0, 0.1) is 10.1 Å². The highest BCUT2D eigenvalue weighted by atomic mass is 16.6. The molecule has 0 saturated carbocycles. The van der Waals surface area contributed by atoms with E-state index in [4.69, 9.17) is 9.15 Å².